The van der Waals surface area contributed by atoms with E-state index in [0.29, 0.717) is 26.1 Å². The van der Waals surface area contributed by atoms with Crippen molar-refractivity contribution in [1.82, 2.24) is 5.32 Å². The number of benzene rings is 2. The van der Waals surface area contributed by atoms with Gasteiger partial charge in [-0.3, -0.25) is 4.79 Å². The number of primary sulfonamides is 1. The van der Waals surface area contributed by atoms with Gasteiger partial charge in [0, 0.05) is 25.2 Å². The van der Waals surface area contributed by atoms with E-state index in [-0.39, 0.29) is 10.8 Å². The van der Waals surface area contributed by atoms with Crippen LogP contribution in [0.25, 0.3) is 0 Å². The van der Waals surface area contributed by atoms with Crippen molar-refractivity contribution < 1.29 is 13.2 Å². The minimum atomic E-state index is -3.65. The lowest BCUT2D eigenvalue weighted by molar-refractivity contribution is -0.118. The smallest absolute Gasteiger partial charge is 0.238 e. The van der Waals surface area contributed by atoms with Crippen LogP contribution in [0.3, 0.4) is 0 Å². The summed E-state index contributed by atoms with van der Waals surface area (Å²) in [5.74, 6) is 0.0868. The lowest BCUT2D eigenvalue weighted by Crippen LogP contribution is -2.33. The van der Waals surface area contributed by atoms with Crippen LogP contribution in [-0.2, 0) is 21.2 Å². The van der Waals surface area contributed by atoms with Crippen molar-refractivity contribution in [3.8, 4) is 0 Å². The monoisotopic (exact) mass is 375 g/mol. The second-order valence-electron chi connectivity index (χ2n) is 5.91. The number of amides is 1. The molecule has 0 saturated heterocycles. The normalized spacial score (nSPS) is 11.3. The molecule has 3 N–H and O–H groups in total. The van der Waals surface area contributed by atoms with Crippen LogP contribution >= 0.6 is 0 Å². The largest absolute Gasteiger partial charge is 0.316 e. The molecule has 140 valence electrons. The van der Waals surface area contributed by atoms with Crippen molar-refractivity contribution in [1.29, 1.82) is 0 Å². The molecular formula is C19H25N3O3S. The quantitative estimate of drug-likeness (QED) is 0.655. The number of nitrogens with one attached hydrogen (secondary N) is 1. The number of rotatable bonds is 9. The van der Waals surface area contributed by atoms with Crippen molar-refractivity contribution >= 4 is 21.6 Å². The first-order valence-corrected chi connectivity index (χ1v) is 10.1. The summed E-state index contributed by atoms with van der Waals surface area (Å²) < 4.78 is 22.4. The molecule has 0 radical (unpaired) electrons. The molecule has 0 aliphatic heterocycles. The number of sulfonamides is 1. The molecule has 0 fully saturated rings. The summed E-state index contributed by atoms with van der Waals surface area (Å²) in [5, 5.41) is 8.33. The SMILES string of the molecule is CCN(C(=O)CCNCCc1ccc(S(N)(=O)=O)cc1)c1ccccc1. The van der Waals surface area contributed by atoms with E-state index in [1.807, 2.05) is 37.3 Å². The van der Waals surface area contributed by atoms with Gasteiger partial charge < -0.3 is 10.2 Å². The molecule has 1 amide bonds. The van der Waals surface area contributed by atoms with Crippen molar-refractivity contribution in [3.05, 3.63) is 60.2 Å². The summed E-state index contributed by atoms with van der Waals surface area (Å²) in [6.45, 7) is 3.90. The van der Waals surface area contributed by atoms with E-state index in [2.05, 4.69) is 5.32 Å². The Hall–Kier alpha value is -2.22. The van der Waals surface area contributed by atoms with E-state index in [1.165, 1.54) is 12.1 Å². The first kappa shape index (κ1) is 20.1. The summed E-state index contributed by atoms with van der Waals surface area (Å²) in [7, 11) is -3.65. The van der Waals surface area contributed by atoms with Gasteiger partial charge in [0.25, 0.3) is 0 Å². The Morgan fingerprint density at radius 1 is 1.04 bits per heavy atom. The Labute approximate surface area is 155 Å². The zero-order valence-corrected chi connectivity index (χ0v) is 15.7. The van der Waals surface area contributed by atoms with Gasteiger partial charge in [-0.1, -0.05) is 30.3 Å². The van der Waals surface area contributed by atoms with Crippen LogP contribution in [0, 0.1) is 0 Å². The highest BCUT2D eigenvalue weighted by Crippen LogP contribution is 2.14. The van der Waals surface area contributed by atoms with Crippen LogP contribution in [0.2, 0.25) is 0 Å². The molecule has 0 aliphatic rings. The van der Waals surface area contributed by atoms with Gasteiger partial charge in [-0.15, -0.1) is 0 Å². The lowest BCUT2D eigenvalue weighted by atomic mass is 10.1. The zero-order valence-electron chi connectivity index (χ0n) is 14.9. The summed E-state index contributed by atoms with van der Waals surface area (Å²) in [4.78, 5) is 14.2. The van der Waals surface area contributed by atoms with Crippen molar-refractivity contribution in [2.75, 3.05) is 24.5 Å². The van der Waals surface area contributed by atoms with Gasteiger partial charge in [0.15, 0.2) is 0 Å². The van der Waals surface area contributed by atoms with Gasteiger partial charge in [-0.2, -0.15) is 0 Å². The molecule has 0 unspecified atom stereocenters. The Balaban J connectivity index is 1.74. The Kier molecular flexibility index (Phi) is 7.32. The molecule has 6 nitrogen and oxygen atoms in total. The Morgan fingerprint density at radius 3 is 2.27 bits per heavy atom. The molecule has 0 heterocycles. The maximum absolute atomic E-state index is 12.4. The van der Waals surface area contributed by atoms with E-state index in [0.717, 1.165) is 17.7 Å². The standard InChI is InChI=1S/C19H25N3O3S/c1-2-22(17-6-4-3-5-7-17)19(23)13-15-21-14-12-16-8-10-18(11-9-16)26(20,24)25/h3-11,21H,2,12-15H2,1H3,(H2,20,24,25). The average molecular weight is 375 g/mol. The first-order valence-electron chi connectivity index (χ1n) is 8.59. The van der Waals surface area contributed by atoms with E-state index in [1.54, 1.807) is 17.0 Å². The number of hydrogen-bond donors (Lipinski definition) is 2. The van der Waals surface area contributed by atoms with E-state index in [4.69, 9.17) is 5.14 Å². The van der Waals surface area contributed by atoms with Gasteiger partial charge in [0.1, 0.15) is 0 Å². The highest BCUT2D eigenvalue weighted by atomic mass is 32.2. The van der Waals surface area contributed by atoms with Crippen LogP contribution in [0.1, 0.15) is 18.9 Å². The van der Waals surface area contributed by atoms with Gasteiger partial charge in [-0.25, -0.2) is 13.6 Å². The second-order valence-corrected chi connectivity index (χ2v) is 7.47. The molecular weight excluding hydrogens is 350 g/mol. The molecule has 2 rings (SSSR count). The number of carbonyl (C=O) groups is 1. The number of nitrogens with two attached hydrogens (primary N) is 1. The number of hydrogen-bond acceptors (Lipinski definition) is 4. The van der Waals surface area contributed by atoms with E-state index < -0.39 is 10.0 Å². The van der Waals surface area contributed by atoms with Gasteiger partial charge in [0.2, 0.25) is 15.9 Å². The third-order valence-corrected chi connectivity index (χ3v) is 4.97. The summed E-state index contributed by atoms with van der Waals surface area (Å²) in [6, 6.07) is 16.1. The molecule has 0 atom stereocenters. The van der Waals surface area contributed by atoms with Crippen molar-refractivity contribution in [2.45, 2.75) is 24.7 Å². The summed E-state index contributed by atoms with van der Waals surface area (Å²) >= 11 is 0. The van der Waals surface area contributed by atoms with E-state index in [9.17, 15) is 13.2 Å². The molecule has 2 aromatic rings. The van der Waals surface area contributed by atoms with Crippen LogP contribution in [-0.4, -0.2) is 34.0 Å². The molecule has 0 aromatic heterocycles. The molecule has 2 aromatic carbocycles. The average Bonchev–Trinajstić information content (AvgIpc) is 2.62. The van der Waals surface area contributed by atoms with E-state index >= 15 is 0 Å². The first-order chi connectivity index (χ1) is 12.4. The highest BCUT2D eigenvalue weighted by molar-refractivity contribution is 7.89. The Bertz CT molecular complexity index is 806. The van der Waals surface area contributed by atoms with Crippen LogP contribution < -0.4 is 15.4 Å². The number of anilines is 1. The molecule has 26 heavy (non-hydrogen) atoms. The molecule has 0 saturated carbocycles. The fourth-order valence-corrected chi connectivity index (χ4v) is 3.16. The maximum Gasteiger partial charge on any atom is 0.238 e. The zero-order chi connectivity index (χ0) is 19.0. The van der Waals surface area contributed by atoms with Crippen LogP contribution in [0.15, 0.2) is 59.5 Å². The number of para-hydroxylation sites is 1. The van der Waals surface area contributed by atoms with Crippen LogP contribution in [0.5, 0.6) is 0 Å². The molecule has 0 bridgehead atoms. The maximum atomic E-state index is 12.4. The van der Waals surface area contributed by atoms with Gasteiger partial charge in [-0.05, 0) is 49.7 Å². The predicted molar refractivity (Wildman–Crippen MR) is 103 cm³/mol. The lowest BCUT2D eigenvalue weighted by Gasteiger charge is -2.21. The number of carbonyl (C=O) groups excluding carboxylic acids is 1. The minimum Gasteiger partial charge on any atom is -0.316 e. The van der Waals surface area contributed by atoms with Crippen molar-refractivity contribution in [3.63, 3.8) is 0 Å². The topological polar surface area (TPSA) is 92.5 Å². The summed E-state index contributed by atoms with van der Waals surface area (Å²) in [5.41, 5.74) is 1.92. The van der Waals surface area contributed by atoms with Gasteiger partial charge >= 0.3 is 0 Å². The fourth-order valence-electron chi connectivity index (χ4n) is 2.64. The van der Waals surface area contributed by atoms with Crippen molar-refractivity contribution in [2.24, 2.45) is 5.14 Å². The highest BCUT2D eigenvalue weighted by Gasteiger charge is 2.12. The predicted octanol–water partition coefficient (Wildman–Crippen LogP) is 1.91. The molecule has 0 spiro atoms. The van der Waals surface area contributed by atoms with Gasteiger partial charge in [0.05, 0.1) is 4.90 Å². The Morgan fingerprint density at radius 2 is 1.69 bits per heavy atom. The molecule has 7 heteroatoms. The molecule has 0 aliphatic carbocycles. The minimum absolute atomic E-state index is 0.0868. The fraction of sp³-hybridized carbons (Fsp3) is 0.316. The number of nitrogens with zero attached hydrogens (tertiary/aromatic N) is 1. The third kappa shape index (κ3) is 5.94. The third-order valence-electron chi connectivity index (χ3n) is 4.04. The summed E-state index contributed by atoms with van der Waals surface area (Å²) in [6.07, 6.45) is 1.17. The second kappa shape index (κ2) is 9.47. The van der Waals surface area contributed by atoms with Crippen LogP contribution in [0.4, 0.5) is 5.69 Å².